The first kappa shape index (κ1) is 13.8. The van der Waals surface area contributed by atoms with Gasteiger partial charge in [-0.05, 0) is 36.0 Å². The molecule has 0 fully saturated rings. The standard InChI is InChI=1S/C17H16F2N2/c18-15-6-2-5-14(16(15)19)11-21-10-8-13-4-1-3-12(7-9-20)17(13)21/h1-6,8,10H,7,9,11,20H2. The van der Waals surface area contributed by atoms with Crippen LogP contribution in [-0.4, -0.2) is 11.1 Å². The van der Waals surface area contributed by atoms with Crippen molar-refractivity contribution in [1.82, 2.24) is 4.57 Å². The van der Waals surface area contributed by atoms with E-state index in [1.807, 2.05) is 35.0 Å². The number of nitrogens with two attached hydrogens (primary N) is 1. The fraction of sp³-hybridized carbons (Fsp3) is 0.176. The highest BCUT2D eigenvalue weighted by Gasteiger charge is 2.11. The molecule has 3 aromatic rings. The van der Waals surface area contributed by atoms with Crippen LogP contribution in [0.4, 0.5) is 8.78 Å². The van der Waals surface area contributed by atoms with Gasteiger partial charge in [-0.1, -0.05) is 30.3 Å². The van der Waals surface area contributed by atoms with E-state index >= 15 is 0 Å². The number of para-hydroxylation sites is 1. The topological polar surface area (TPSA) is 30.9 Å². The molecule has 2 N–H and O–H groups in total. The first-order valence-electron chi connectivity index (χ1n) is 6.90. The maximum atomic E-state index is 13.8. The molecule has 0 aliphatic carbocycles. The number of hydrogen-bond acceptors (Lipinski definition) is 1. The van der Waals surface area contributed by atoms with Crippen molar-refractivity contribution in [1.29, 1.82) is 0 Å². The normalized spacial score (nSPS) is 11.2. The summed E-state index contributed by atoms with van der Waals surface area (Å²) in [6.07, 6.45) is 2.65. The van der Waals surface area contributed by atoms with Crippen molar-refractivity contribution in [3.05, 3.63) is 71.4 Å². The van der Waals surface area contributed by atoms with Gasteiger partial charge in [-0.3, -0.25) is 0 Å². The van der Waals surface area contributed by atoms with Gasteiger partial charge in [0, 0.05) is 11.8 Å². The zero-order valence-corrected chi connectivity index (χ0v) is 11.5. The second-order valence-electron chi connectivity index (χ2n) is 5.05. The van der Waals surface area contributed by atoms with Crippen molar-refractivity contribution < 1.29 is 8.78 Å². The summed E-state index contributed by atoms with van der Waals surface area (Å²) in [5, 5.41) is 1.08. The summed E-state index contributed by atoms with van der Waals surface area (Å²) in [6, 6.07) is 12.3. The number of benzene rings is 2. The highest BCUT2D eigenvalue weighted by Crippen LogP contribution is 2.23. The lowest BCUT2D eigenvalue weighted by atomic mass is 10.1. The Hall–Kier alpha value is -2.20. The number of halogens is 2. The Kier molecular flexibility index (Phi) is 3.71. The van der Waals surface area contributed by atoms with Gasteiger partial charge in [0.1, 0.15) is 0 Å². The van der Waals surface area contributed by atoms with Crippen molar-refractivity contribution in [2.75, 3.05) is 6.54 Å². The molecule has 0 saturated carbocycles. The molecule has 0 radical (unpaired) electrons. The Labute approximate surface area is 121 Å². The predicted octanol–water partition coefficient (Wildman–Crippen LogP) is 3.47. The van der Waals surface area contributed by atoms with Crippen LogP contribution in [-0.2, 0) is 13.0 Å². The van der Waals surface area contributed by atoms with E-state index in [1.165, 1.54) is 6.07 Å². The van der Waals surface area contributed by atoms with E-state index in [4.69, 9.17) is 5.73 Å². The third kappa shape index (κ3) is 2.54. The van der Waals surface area contributed by atoms with E-state index in [1.54, 1.807) is 6.07 Å². The van der Waals surface area contributed by atoms with Crippen LogP contribution < -0.4 is 5.73 Å². The molecule has 2 nitrogen and oxygen atoms in total. The van der Waals surface area contributed by atoms with Crippen molar-refractivity contribution in [3.63, 3.8) is 0 Å². The van der Waals surface area contributed by atoms with Gasteiger partial charge in [0.05, 0.1) is 12.1 Å². The fourth-order valence-corrected chi connectivity index (χ4v) is 2.68. The van der Waals surface area contributed by atoms with E-state index in [-0.39, 0.29) is 0 Å². The van der Waals surface area contributed by atoms with E-state index in [0.29, 0.717) is 18.7 Å². The molecule has 0 spiro atoms. The molecule has 3 rings (SSSR count). The minimum atomic E-state index is -0.814. The maximum absolute atomic E-state index is 13.8. The van der Waals surface area contributed by atoms with E-state index < -0.39 is 11.6 Å². The summed E-state index contributed by atoms with van der Waals surface area (Å²) in [5.74, 6) is -1.60. The number of fused-ring (bicyclic) bond motifs is 1. The van der Waals surface area contributed by atoms with E-state index in [0.717, 1.165) is 29.0 Å². The number of aromatic nitrogens is 1. The lowest BCUT2D eigenvalue weighted by Crippen LogP contribution is -2.07. The van der Waals surface area contributed by atoms with Crippen LogP contribution >= 0.6 is 0 Å². The molecular weight excluding hydrogens is 270 g/mol. The highest BCUT2D eigenvalue weighted by atomic mass is 19.2. The molecule has 0 bridgehead atoms. The summed E-state index contributed by atoms with van der Waals surface area (Å²) in [7, 11) is 0. The zero-order valence-electron chi connectivity index (χ0n) is 11.5. The van der Waals surface area contributed by atoms with Crippen LogP contribution in [0.15, 0.2) is 48.7 Å². The first-order chi connectivity index (χ1) is 10.2. The van der Waals surface area contributed by atoms with Crippen LogP contribution in [0.2, 0.25) is 0 Å². The van der Waals surface area contributed by atoms with Gasteiger partial charge in [-0.2, -0.15) is 0 Å². The third-order valence-electron chi connectivity index (χ3n) is 3.66. The molecule has 0 atom stereocenters. The van der Waals surface area contributed by atoms with Crippen LogP contribution in [0, 0.1) is 11.6 Å². The quantitative estimate of drug-likeness (QED) is 0.782. The average Bonchev–Trinajstić information content (AvgIpc) is 2.89. The Bertz CT molecular complexity index is 778. The number of hydrogen-bond donors (Lipinski definition) is 1. The molecule has 0 saturated heterocycles. The van der Waals surface area contributed by atoms with Gasteiger partial charge in [0.15, 0.2) is 11.6 Å². The summed E-state index contributed by atoms with van der Waals surface area (Å²) in [6.45, 7) is 0.854. The van der Waals surface area contributed by atoms with Crippen LogP contribution in [0.25, 0.3) is 10.9 Å². The molecule has 0 aliphatic heterocycles. The molecule has 1 heterocycles. The molecule has 0 unspecified atom stereocenters. The Morgan fingerprint density at radius 3 is 2.52 bits per heavy atom. The number of nitrogens with zero attached hydrogens (tertiary/aromatic N) is 1. The van der Waals surface area contributed by atoms with Gasteiger partial charge in [-0.15, -0.1) is 0 Å². The second kappa shape index (κ2) is 5.66. The first-order valence-corrected chi connectivity index (χ1v) is 6.90. The summed E-state index contributed by atoms with van der Waals surface area (Å²) < 4.78 is 29.1. The van der Waals surface area contributed by atoms with Crippen molar-refractivity contribution in [2.24, 2.45) is 5.73 Å². The monoisotopic (exact) mass is 286 g/mol. The van der Waals surface area contributed by atoms with Crippen LogP contribution in [0.3, 0.4) is 0 Å². The van der Waals surface area contributed by atoms with Gasteiger partial charge < -0.3 is 10.3 Å². The van der Waals surface area contributed by atoms with E-state index in [9.17, 15) is 8.78 Å². The Morgan fingerprint density at radius 1 is 0.952 bits per heavy atom. The lowest BCUT2D eigenvalue weighted by molar-refractivity contribution is 0.496. The maximum Gasteiger partial charge on any atom is 0.163 e. The SMILES string of the molecule is NCCc1cccc2ccn(Cc3cccc(F)c3F)c12. The zero-order chi connectivity index (χ0) is 14.8. The van der Waals surface area contributed by atoms with Crippen LogP contribution in [0.1, 0.15) is 11.1 Å². The summed E-state index contributed by atoms with van der Waals surface area (Å²) in [5.41, 5.74) is 8.15. The molecule has 0 amide bonds. The van der Waals surface area contributed by atoms with Gasteiger partial charge >= 0.3 is 0 Å². The minimum absolute atomic E-state index is 0.300. The third-order valence-corrected chi connectivity index (χ3v) is 3.66. The smallest absolute Gasteiger partial charge is 0.163 e. The van der Waals surface area contributed by atoms with Gasteiger partial charge in [-0.25, -0.2) is 8.78 Å². The van der Waals surface area contributed by atoms with E-state index in [2.05, 4.69) is 0 Å². The average molecular weight is 286 g/mol. The molecule has 0 aliphatic rings. The van der Waals surface area contributed by atoms with Gasteiger partial charge in [0.2, 0.25) is 0 Å². The van der Waals surface area contributed by atoms with Crippen molar-refractivity contribution >= 4 is 10.9 Å². The predicted molar refractivity (Wildman–Crippen MR) is 80.2 cm³/mol. The summed E-state index contributed by atoms with van der Waals surface area (Å²) in [4.78, 5) is 0. The highest BCUT2D eigenvalue weighted by molar-refractivity contribution is 5.83. The van der Waals surface area contributed by atoms with Crippen LogP contribution in [0.5, 0.6) is 0 Å². The Balaban J connectivity index is 2.06. The number of rotatable bonds is 4. The van der Waals surface area contributed by atoms with Crippen molar-refractivity contribution in [2.45, 2.75) is 13.0 Å². The van der Waals surface area contributed by atoms with Crippen molar-refractivity contribution in [3.8, 4) is 0 Å². The Morgan fingerprint density at radius 2 is 1.71 bits per heavy atom. The molecular formula is C17H16F2N2. The molecule has 1 aromatic heterocycles. The molecule has 108 valence electrons. The summed E-state index contributed by atoms with van der Waals surface area (Å²) >= 11 is 0. The molecule has 2 aromatic carbocycles. The molecule has 4 heteroatoms. The lowest BCUT2D eigenvalue weighted by Gasteiger charge is -2.10. The second-order valence-corrected chi connectivity index (χ2v) is 5.05. The largest absolute Gasteiger partial charge is 0.343 e. The fourth-order valence-electron chi connectivity index (χ4n) is 2.68. The minimum Gasteiger partial charge on any atom is -0.343 e. The molecule has 21 heavy (non-hydrogen) atoms. The van der Waals surface area contributed by atoms with Gasteiger partial charge in [0.25, 0.3) is 0 Å².